The van der Waals surface area contributed by atoms with Crippen LogP contribution in [-0.2, 0) is 7.05 Å². The van der Waals surface area contributed by atoms with Crippen molar-refractivity contribution in [3.05, 3.63) is 64.3 Å². The predicted octanol–water partition coefficient (Wildman–Crippen LogP) is 3.53. The maximum atomic E-state index is 11.9. The molecule has 0 radical (unpaired) electrons. The molecule has 0 aliphatic heterocycles. The lowest BCUT2D eigenvalue weighted by atomic mass is 9.95. The zero-order chi connectivity index (χ0) is 23.8. The van der Waals surface area contributed by atoms with Crippen molar-refractivity contribution in [1.29, 1.82) is 0 Å². The molecule has 1 aliphatic rings. The standard InChI is InChI=1S/C25H28N6O3/c1-15-10-23(28-30(3)25(15)33)27-24-13-18-12-17(8-9-31(18)29-24)21-11-16(2)26-14-22(21)34-20-6-4-19(32)5-7-20/h8-14,19-20,32H,4-7H2,1-3H3,(H,27,28,29). The molecule has 34 heavy (non-hydrogen) atoms. The number of hydrogen-bond donors (Lipinski definition) is 2. The Bertz CT molecular complexity index is 1380. The Morgan fingerprint density at radius 2 is 1.82 bits per heavy atom. The van der Waals surface area contributed by atoms with Gasteiger partial charge < -0.3 is 15.2 Å². The zero-order valence-electron chi connectivity index (χ0n) is 19.5. The third-order valence-corrected chi connectivity index (χ3v) is 6.21. The van der Waals surface area contributed by atoms with Gasteiger partial charge in [-0.3, -0.25) is 9.78 Å². The molecule has 0 bridgehead atoms. The molecular formula is C25H28N6O3. The van der Waals surface area contributed by atoms with E-state index in [1.54, 1.807) is 30.8 Å². The van der Waals surface area contributed by atoms with Crippen LogP contribution in [0.5, 0.6) is 5.75 Å². The number of rotatable bonds is 5. The molecule has 176 valence electrons. The molecule has 0 amide bonds. The Balaban J connectivity index is 1.44. The highest BCUT2D eigenvalue weighted by atomic mass is 16.5. The Morgan fingerprint density at radius 1 is 1.06 bits per heavy atom. The van der Waals surface area contributed by atoms with E-state index >= 15 is 0 Å². The zero-order valence-corrected chi connectivity index (χ0v) is 19.5. The van der Waals surface area contributed by atoms with Crippen molar-refractivity contribution in [2.75, 3.05) is 5.32 Å². The predicted molar refractivity (Wildman–Crippen MR) is 130 cm³/mol. The third kappa shape index (κ3) is 4.51. The van der Waals surface area contributed by atoms with Gasteiger partial charge in [0.15, 0.2) is 11.6 Å². The van der Waals surface area contributed by atoms with Gasteiger partial charge in [-0.1, -0.05) is 0 Å². The van der Waals surface area contributed by atoms with Crippen molar-refractivity contribution in [2.24, 2.45) is 7.05 Å². The number of fused-ring (bicyclic) bond motifs is 1. The van der Waals surface area contributed by atoms with Crippen molar-refractivity contribution in [2.45, 2.75) is 51.7 Å². The number of anilines is 2. The average molecular weight is 461 g/mol. The second-order valence-corrected chi connectivity index (χ2v) is 8.95. The first kappa shape index (κ1) is 22.1. The van der Waals surface area contributed by atoms with Crippen molar-refractivity contribution >= 4 is 17.2 Å². The van der Waals surface area contributed by atoms with Gasteiger partial charge in [-0.15, -0.1) is 0 Å². The average Bonchev–Trinajstić information content (AvgIpc) is 3.21. The summed E-state index contributed by atoms with van der Waals surface area (Å²) in [5, 5.41) is 21.8. The second-order valence-electron chi connectivity index (χ2n) is 8.95. The van der Waals surface area contributed by atoms with Gasteiger partial charge in [-0.2, -0.15) is 10.2 Å². The molecule has 0 unspecified atom stereocenters. The monoisotopic (exact) mass is 460 g/mol. The van der Waals surface area contributed by atoms with Crippen LogP contribution in [0.1, 0.15) is 36.9 Å². The van der Waals surface area contributed by atoms with Crippen molar-refractivity contribution in [3.8, 4) is 16.9 Å². The molecule has 9 nitrogen and oxygen atoms in total. The summed E-state index contributed by atoms with van der Waals surface area (Å²) in [7, 11) is 1.63. The van der Waals surface area contributed by atoms with Gasteiger partial charge in [-0.25, -0.2) is 9.20 Å². The maximum absolute atomic E-state index is 11.9. The van der Waals surface area contributed by atoms with Crippen LogP contribution in [0, 0.1) is 13.8 Å². The Morgan fingerprint density at radius 3 is 2.59 bits per heavy atom. The lowest BCUT2D eigenvalue weighted by Crippen LogP contribution is -2.26. The molecule has 0 aromatic carbocycles. The van der Waals surface area contributed by atoms with Gasteiger partial charge in [0, 0.05) is 36.1 Å². The highest BCUT2D eigenvalue weighted by molar-refractivity contribution is 5.75. The largest absolute Gasteiger partial charge is 0.488 e. The van der Waals surface area contributed by atoms with Gasteiger partial charge in [0.1, 0.15) is 5.75 Å². The Labute approximate surface area is 197 Å². The molecule has 4 aromatic heterocycles. The minimum absolute atomic E-state index is 0.0824. The summed E-state index contributed by atoms with van der Waals surface area (Å²) < 4.78 is 9.43. The molecule has 1 fully saturated rings. The topological polar surface area (TPSA) is 107 Å². The number of aliphatic hydroxyl groups is 1. The summed E-state index contributed by atoms with van der Waals surface area (Å²) in [5.41, 5.74) is 4.29. The molecule has 1 saturated carbocycles. The van der Waals surface area contributed by atoms with E-state index in [9.17, 15) is 9.90 Å². The van der Waals surface area contributed by atoms with Crippen molar-refractivity contribution in [3.63, 3.8) is 0 Å². The summed E-state index contributed by atoms with van der Waals surface area (Å²) in [6.07, 6.45) is 6.76. The van der Waals surface area contributed by atoms with Crippen LogP contribution in [0.25, 0.3) is 16.6 Å². The minimum Gasteiger partial charge on any atom is -0.488 e. The molecular weight excluding hydrogens is 432 g/mol. The van der Waals surface area contributed by atoms with Gasteiger partial charge in [0.25, 0.3) is 5.56 Å². The van der Waals surface area contributed by atoms with Crippen LogP contribution in [0.2, 0.25) is 0 Å². The van der Waals surface area contributed by atoms with Crippen molar-refractivity contribution in [1.82, 2.24) is 24.4 Å². The van der Waals surface area contributed by atoms with Crippen LogP contribution < -0.4 is 15.6 Å². The number of hydrogen-bond acceptors (Lipinski definition) is 7. The van der Waals surface area contributed by atoms with Crippen LogP contribution in [0.15, 0.2) is 47.5 Å². The fourth-order valence-corrected chi connectivity index (χ4v) is 4.38. The van der Waals surface area contributed by atoms with E-state index in [-0.39, 0.29) is 17.8 Å². The van der Waals surface area contributed by atoms with E-state index in [0.717, 1.165) is 53.8 Å². The fourth-order valence-electron chi connectivity index (χ4n) is 4.38. The number of aryl methyl sites for hydroxylation is 3. The Kier molecular flexibility index (Phi) is 5.79. The molecule has 9 heteroatoms. The molecule has 4 heterocycles. The van der Waals surface area contributed by atoms with Gasteiger partial charge in [-0.05, 0) is 69.4 Å². The summed E-state index contributed by atoms with van der Waals surface area (Å²) in [6, 6.07) is 9.74. The maximum Gasteiger partial charge on any atom is 0.269 e. The van der Waals surface area contributed by atoms with Crippen LogP contribution in [0.4, 0.5) is 11.6 Å². The first-order valence-corrected chi connectivity index (χ1v) is 11.5. The van der Waals surface area contributed by atoms with E-state index in [4.69, 9.17) is 4.74 Å². The highest BCUT2D eigenvalue weighted by Crippen LogP contribution is 2.34. The first-order chi connectivity index (χ1) is 16.4. The molecule has 0 atom stereocenters. The third-order valence-electron chi connectivity index (χ3n) is 6.21. The number of aromatic nitrogens is 5. The summed E-state index contributed by atoms with van der Waals surface area (Å²) in [5.74, 6) is 1.94. The highest BCUT2D eigenvalue weighted by Gasteiger charge is 2.22. The van der Waals surface area contributed by atoms with E-state index < -0.39 is 0 Å². The lowest BCUT2D eigenvalue weighted by molar-refractivity contribution is 0.0667. The van der Waals surface area contributed by atoms with Gasteiger partial charge >= 0.3 is 0 Å². The minimum atomic E-state index is -0.220. The first-order valence-electron chi connectivity index (χ1n) is 11.5. The smallest absolute Gasteiger partial charge is 0.269 e. The quantitative estimate of drug-likeness (QED) is 0.469. The van der Waals surface area contributed by atoms with E-state index in [1.807, 2.05) is 31.3 Å². The SMILES string of the molecule is Cc1cc(-c2ccn3nc(Nc4cc(C)c(=O)n(C)n4)cc3c2)c(OC2CCC(O)CC2)cn1. The summed E-state index contributed by atoms with van der Waals surface area (Å²) in [6.45, 7) is 3.72. The number of ether oxygens (including phenoxy) is 1. The lowest BCUT2D eigenvalue weighted by Gasteiger charge is -2.27. The molecule has 4 aromatic rings. The van der Waals surface area contributed by atoms with E-state index in [0.29, 0.717) is 17.2 Å². The van der Waals surface area contributed by atoms with Gasteiger partial charge in [0.05, 0.1) is 23.9 Å². The molecule has 5 rings (SSSR count). The van der Waals surface area contributed by atoms with E-state index in [2.05, 4.69) is 26.6 Å². The summed E-state index contributed by atoms with van der Waals surface area (Å²) >= 11 is 0. The Hall–Kier alpha value is -3.72. The molecule has 2 N–H and O–H groups in total. The fraction of sp³-hybridized carbons (Fsp3) is 0.360. The van der Waals surface area contributed by atoms with Crippen LogP contribution in [-0.4, -0.2) is 41.7 Å². The number of nitrogens with one attached hydrogen (secondary N) is 1. The molecule has 0 saturated heterocycles. The van der Waals surface area contributed by atoms with Crippen LogP contribution >= 0.6 is 0 Å². The van der Waals surface area contributed by atoms with Gasteiger partial charge in [0.2, 0.25) is 0 Å². The number of pyridine rings is 2. The summed E-state index contributed by atoms with van der Waals surface area (Å²) in [4.78, 5) is 16.4. The molecule has 0 spiro atoms. The molecule has 1 aliphatic carbocycles. The van der Waals surface area contributed by atoms with E-state index in [1.165, 1.54) is 4.68 Å². The second kappa shape index (κ2) is 8.90. The normalized spacial score (nSPS) is 18.2. The number of nitrogens with zero attached hydrogens (tertiary/aromatic N) is 5. The van der Waals surface area contributed by atoms with Crippen LogP contribution in [0.3, 0.4) is 0 Å². The number of aliphatic hydroxyl groups excluding tert-OH is 1. The van der Waals surface area contributed by atoms with Crippen molar-refractivity contribution < 1.29 is 9.84 Å².